The number of H-pyrrole nitrogens is 2. The summed E-state index contributed by atoms with van der Waals surface area (Å²) in [5, 5.41) is 24.8. The number of hydrogen-bond donors (Lipinski definition) is 4. The van der Waals surface area contributed by atoms with Gasteiger partial charge in [-0.05, 0) is 58.0 Å². The van der Waals surface area contributed by atoms with E-state index in [1.54, 1.807) is 66.5 Å². The number of nitriles is 1. The third-order valence-electron chi connectivity index (χ3n) is 13.1. The molecule has 3 fully saturated rings. The van der Waals surface area contributed by atoms with Crippen molar-refractivity contribution in [3.05, 3.63) is 104 Å². The van der Waals surface area contributed by atoms with Crippen LogP contribution in [0.1, 0.15) is 34.2 Å². The van der Waals surface area contributed by atoms with E-state index in [4.69, 9.17) is 5.26 Å². The van der Waals surface area contributed by atoms with Crippen molar-refractivity contribution in [2.75, 3.05) is 54.7 Å². The number of nitrogens with one attached hydrogen (secondary N) is 4. The number of nitrogens with zero attached hydrogens (tertiary/aromatic N) is 15. The Balaban J connectivity index is 0.000000123. The second-order valence-corrected chi connectivity index (χ2v) is 19.4. The number of carbonyl (C=O) groups is 1. The number of aryl methyl sites for hydroxylation is 1. The van der Waals surface area contributed by atoms with Crippen molar-refractivity contribution >= 4 is 82.1 Å². The molecule has 22 nitrogen and oxygen atoms in total. The lowest BCUT2D eigenvalue weighted by Crippen LogP contribution is -2.39. The van der Waals surface area contributed by atoms with E-state index < -0.39 is 10.0 Å². The van der Waals surface area contributed by atoms with Crippen LogP contribution in [0, 0.1) is 18.3 Å². The quantitative estimate of drug-likeness (QED) is 0.185. The molecule has 3 aliphatic rings. The van der Waals surface area contributed by atoms with Crippen LogP contribution in [0.2, 0.25) is 0 Å². The lowest BCUT2D eigenvalue weighted by molar-refractivity contribution is -0.129. The van der Waals surface area contributed by atoms with Crippen LogP contribution in [0.4, 0.5) is 0 Å². The van der Waals surface area contributed by atoms with E-state index in [-0.39, 0.29) is 24.7 Å². The fourth-order valence-corrected chi connectivity index (χ4v) is 10.7. The zero-order chi connectivity index (χ0) is 47.6. The first-order chi connectivity index (χ1) is 33.5. The molecule has 354 valence electrons. The van der Waals surface area contributed by atoms with Gasteiger partial charge in [-0.1, -0.05) is 17.7 Å². The molecular formula is C46H51N19O3S. The largest absolute Gasteiger partial charge is 0.346 e. The van der Waals surface area contributed by atoms with Gasteiger partial charge in [0, 0.05) is 55.8 Å². The van der Waals surface area contributed by atoms with E-state index in [1.807, 2.05) is 53.3 Å². The van der Waals surface area contributed by atoms with Crippen molar-refractivity contribution in [3.8, 4) is 6.07 Å². The molecule has 3 atom stereocenters. The minimum atomic E-state index is -3.73. The van der Waals surface area contributed by atoms with Crippen molar-refractivity contribution in [2.24, 2.45) is 0 Å². The van der Waals surface area contributed by atoms with Crippen LogP contribution < -0.4 is 25.7 Å². The van der Waals surface area contributed by atoms with Gasteiger partial charge in [-0.2, -0.15) is 5.26 Å². The molecule has 1 aromatic carbocycles. The van der Waals surface area contributed by atoms with Crippen LogP contribution in [-0.4, -0.2) is 135 Å². The van der Waals surface area contributed by atoms with Crippen molar-refractivity contribution in [3.63, 3.8) is 0 Å². The van der Waals surface area contributed by atoms with Gasteiger partial charge in [0.25, 0.3) is 10.0 Å². The van der Waals surface area contributed by atoms with E-state index in [9.17, 15) is 13.2 Å². The van der Waals surface area contributed by atoms with Gasteiger partial charge in [-0.25, -0.2) is 56.3 Å². The smallest absolute Gasteiger partial charge is 0.269 e. The normalized spacial score (nSPS) is 18.5. The molecule has 9 aromatic heterocycles. The van der Waals surface area contributed by atoms with Gasteiger partial charge in [-0.3, -0.25) is 30.5 Å². The zero-order valence-electron chi connectivity index (χ0n) is 38.3. The maximum Gasteiger partial charge on any atom is 0.269 e. The fraction of sp³-hybridized carbons (Fsp3) is 0.304. The summed E-state index contributed by atoms with van der Waals surface area (Å²) in [5.74, 6) is -0.139. The van der Waals surface area contributed by atoms with E-state index in [1.165, 1.54) is 3.97 Å². The highest BCUT2D eigenvalue weighted by atomic mass is 32.2. The molecule has 1 amide bonds. The Bertz CT molecular complexity index is 3700. The molecule has 10 aromatic rings. The Morgan fingerprint density at radius 3 is 1.74 bits per heavy atom. The number of rotatable bonds is 6. The molecule has 3 unspecified atom stereocenters. The topological polar surface area (TPSA) is 241 Å². The summed E-state index contributed by atoms with van der Waals surface area (Å²) in [6.07, 6.45) is 15.8. The molecule has 0 radical (unpaired) electrons. The lowest BCUT2D eigenvalue weighted by atomic mass is 10.2. The summed E-state index contributed by atoms with van der Waals surface area (Å²) in [5.41, 5.74) is 8.55. The summed E-state index contributed by atoms with van der Waals surface area (Å²) in [6, 6.07) is 15.5. The summed E-state index contributed by atoms with van der Waals surface area (Å²) in [6.45, 7) is 12.8. The van der Waals surface area contributed by atoms with Crippen LogP contribution >= 0.6 is 0 Å². The maximum absolute atomic E-state index is 13.2. The van der Waals surface area contributed by atoms with Gasteiger partial charge < -0.3 is 14.9 Å². The van der Waals surface area contributed by atoms with Gasteiger partial charge in [0.2, 0.25) is 5.91 Å². The molecule has 0 saturated carbocycles. The highest BCUT2D eigenvalue weighted by Gasteiger charge is 2.32. The highest BCUT2D eigenvalue weighted by molar-refractivity contribution is 7.90. The third kappa shape index (κ3) is 7.48. The monoisotopic (exact) mass is 949 g/mol. The molecule has 3 aliphatic heterocycles. The summed E-state index contributed by atoms with van der Waals surface area (Å²) in [4.78, 5) is 46.6. The molecule has 4 N–H and O–H groups in total. The maximum atomic E-state index is 13.2. The van der Waals surface area contributed by atoms with Gasteiger partial charge in [0.1, 0.15) is 76.5 Å². The standard InChI is InChI=1S/C19H20N6O2S.C15H15N7O.C12H14N6.H2/c1-13-3-5-15(6-4-13)28(26,27)25-8-7-16-18-17(10-21-19(16)25)22-12-24(18)23-11-20-9-14(23)2;1-10-7-20(13(23)2-4-16)9-22(10)21-8-19-12-6-18-15-11(14(12)21)3-5-17-15;1-8-4-13-6-17(8)18-7-16-10-5-15-12-9(11(10)18)2-3-14-12;/h3-8,10,12,14,20H,9,11H2,1-2H3;3,5-6,8,10H,2,7,9H2,1H3,(H,17,18);2-3,5,7-8,13H,4,6H2,1H3,(H,14,15);1H. The lowest BCUT2D eigenvalue weighted by Gasteiger charge is -2.24. The number of carbonyl (C=O) groups excluding carboxylic acids is 1. The Labute approximate surface area is 396 Å². The van der Waals surface area contributed by atoms with E-state index >= 15 is 0 Å². The number of aromatic nitrogens is 12. The Hall–Kier alpha value is -8.07. The van der Waals surface area contributed by atoms with Crippen LogP contribution in [0.25, 0.3) is 66.2 Å². The number of hydrogen-bond acceptors (Lipinski definition) is 15. The third-order valence-corrected chi connectivity index (χ3v) is 14.7. The number of aromatic amines is 2. The highest BCUT2D eigenvalue weighted by Crippen LogP contribution is 2.29. The number of benzene rings is 1. The molecule has 69 heavy (non-hydrogen) atoms. The van der Waals surface area contributed by atoms with Crippen LogP contribution in [0.3, 0.4) is 0 Å². The molecule has 0 bridgehead atoms. The molecular weight excluding hydrogens is 899 g/mol. The molecule has 23 heteroatoms. The Morgan fingerprint density at radius 1 is 0.696 bits per heavy atom. The number of imidazole rings is 3. The zero-order valence-corrected chi connectivity index (χ0v) is 39.1. The first-order valence-corrected chi connectivity index (χ1v) is 24.0. The predicted octanol–water partition coefficient (Wildman–Crippen LogP) is 3.82. The Morgan fingerprint density at radius 2 is 1.22 bits per heavy atom. The fourth-order valence-electron chi connectivity index (χ4n) is 9.44. The Kier molecular flexibility index (Phi) is 10.9. The van der Waals surface area contributed by atoms with Gasteiger partial charge in [0.15, 0.2) is 5.65 Å². The number of pyridine rings is 3. The molecule has 3 saturated heterocycles. The SMILES string of the molecule is CC1CN(C(=O)CC#N)CN1n1cnc2cnc3[nH]ccc3c21.CC1CNCN1n1cnc2cnc3[nH]ccc3c21.Cc1ccc(S(=O)(=O)n2ccc3c4c(cnc32)ncn4N2CNCC2C)cc1.[HH]. The van der Waals surface area contributed by atoms with Crippen LogP contribution in [0.15, 0.2) is 104 Å². The number of fused-ring (bicyclic) bond motifs is 9. The van der Waals surface area contributed by atoms with E-state index in [2.05, 4.69) is 97.0 Å². The first kappa shape index (κ1) is 43.5. The first-order valence-electron chi connectivity index (χ1n) is 22.6. The van der Waals surface area contributed by atoms with Gasteiger partial charge in [0.05, 0.1) is 61.0 Å². The number of amides is 1. The minimum absolute atomic E-state index is 0. The predicted molar refractivity (Wildman–Crippen MR) is 263 cm³/mol. The van der Waals surface area contributed by atoms with Gasteiger partial charge in [-0.15, -0.1) is 0 Å². The summed E-state index contributed by atoms with van der Waals surface area (Å²) < 4.78 is 33.7. The average molecular weight is 950 g/mol. The van der Waals surface area contributed by atoms with Crippen molar-refractivity contribution in [1.29, 1.82) is 5.26 Å². The van der Waals surface area contributed by atoms with Crippen LogP contribution in [0.5, 0.6) is 0 Å². The van der Waals surface area contributed by atoms with Crippen molar-refractivity contribution < 1.29 is 14.6 Å². The average Bonchev–Trinajstić information content (AvgIpc) is 4.19. The molecule has 0 spiro atoms. The van der Waals surface area contributed by atoms with Crippen molar-refractivity contribution in [2.45, 2.75) is 57.1 Å². The van der Waals surface area contributed by atoms with Crippen molar-refractivity contribution in [1.82, 2.24) is 73.4 Å². The molecule has 0 aliphatic carbocycles. The van der Waals surface area contributed by atoms with Gasteiger partial charge >= 0.3 is 0 Å². The van der Waals surface area contributed by atoms with Crippen LogP contribution in [-0.2, 0) is 14.8 Å². The van der Waals surface area contributed by atoms with E-state index in [0.29, 0.717) is 37.6 Å². The minimum Gasteiger partial charge on any atom is -0.346 e. The summed E-state index contributed by atoms with van der Waals surface area (Å²) in [7, 11) is -3.73. The molecule has 13 rings (SSSR count). The summed E-state index contributed by atoms with van der Waals surface area (Å²) >= 11 is 0. The van der Waals surface area contributed by atoms with E-state index in [0.717, 1.165) is 85.9 Å². The second kappa shape index (κ2) is 17.2. The second-order valence-electron chi connectivity index (χ2n) is 17.6. The molecule has 12 heterocycles.